The molecule has 2 aromatic rings. The number of Topliss-reactive ketones (excluding diaryl/α,β-unsaturated/α-hetero) is 1. The van der Waals surface area contributed by atoms with Crippen LogP contribution in [0.2, 0.25) is 0 Å². The number of aliphatic hydroxyl groups excluding tert-OH is 1. The summed E-state index contributed by atoms with van der Waals surface area (Å²) in [7, 11) is 1.64. The minimum Gasteiger partial charge on any atom is -0.497 e. The Bertz CT molecular complexity index is 841. The molecule has 0 saturated heterocycles. The van der Waals surface area contributed by atoms with Gasteiger partial charge in [0.2, 0.25) is 0 Å². The number of hydrogen-bond acceptors (Lipinski definition) is 5. The lowest BCUT2D eigenvalue weighted by Crippen LogP contribution is -2.40. The Hall–Kier alpha value is -1.09. The minimum atomic E-state index is -1.18. The van der Waals surface area contributed by atoms with Gasteiger partial charge < -0.3 is 14.6 Å². The third kappa shape index (κ3) is 6.22. The first-order valence-electron chi connectivity index (χ1n) is 9.98. The number of hydrogen-bond donors (Lipinski definition) is 1. The molecule has 6 heteroatoms. The molecule has 2 atom stereocenters. The van der Waals surface area contributed by atoms with Crippen molar-refractivity contribution in [2.24, 2.45) is 0 Å². The second-order valence-corrected chi connectivity index (χ2v) is 10.6. The summed E-state index contributed by atoms with van der Waals surface area (Å²) in [5.74, 6) is 0.725. The fourth-order valence-electron chi connectivity index (χ4n) is 3.51. The highest BCUT2D eigenvalue weighted by molar-refractivity contribution is 14.1. The number of ketones is 1. The number of benzene rings is 2. The third-order valence-corrected chi connectivity index (χ3v) is 7.15. The van der Waals surface area contributed by atoms with E-state index in [-0.39, 0.29) is 5.78 Å². The zero-order chi connectivity index (χ0) is 22.5. The third-order valence-electron chi connectivity index (χ3n) is 5.13. The predicted octanol–water partition coefficient (Wildman–Crippen LogP) is 5.64. The molecule has 0 radical (unpaired) electrons. The highest BCUT2D eigenvalue weighted by Gasteiger charge is 2.40. The standard InChI is InChI=1S/C24H31IO4S/c1-7-29-23(27)21(20-15(2)12-18(25)13-16(20)3)22(26)24(4,5)30-14-17-8-10-19(28-6)11-9-17/h8-13,21,23,27H,7,14H2,1-6H3. The van der Waals surface area contributed by atoms with Gasteiger partial charge >= 0.3 is 0 Å². The monoisotopic (exact) mass is 542 g/mol. The second kappa shape index (κ2) is 11.0. The summed E-state index contributed by atoms with van der Waals surface area (Å²) >= 11 is 3.84. The molecular formula is C24H31IO4S. The molecular weight excluding hydrogens is 511 g/mol. The molecule has 0 spiro atoms. The molecule has 2 aromatic carbocycles. The number of halogens is 1. The topological polar surface area (TPSA) is 55.8 Å². The van der Waals surface area contributed by atoms with Crippen LogP contribution in [-0.4, -0.2) is 35.6 Å². The molecule has 0 aliphatic rings. The van der Waals surface area contributed by atoms with Crippen LogP contribution in [0.5, 0.6) is 5.75 Å². The van der Waals surface area contributed by atoms with Crippen molar-refractivity contribution in [3.63, 3.8) is 0 Å². The van der Waals surface area contributed by atoms with E-state index in [9.17, 15) is 9.90 Å². The number of ether oxygens (including phenoxy) is 2. The van der Waals surface area contributed by atoms with Gasteiger partial charge in [0.15, 0.2) is 12.1 Å². The van der Waals surface area contributed by atoms with Gasteiger partial charge in [-0.1, -0.05) is 12.1 Å². The Morgan fingerprint density at radius 3 is 2.23 bits per heavy atom. The van der Waals surface area contributed by atoms with E-state index in [0.717, 1.165) is 31.6 Å². The lowest BCUT2D eigenvalue weighted by Gasteiger charge is -2.32. The molecule has 0 bridgehead atoms. The van der Waals surface area contributed by atoms with Crippen molar-refractivity contribution in [1.82, 2.24) is 0 Å². The molecule has 0 aliphatic carbocycles. The molecule has 0 amide bonds. The molecule has 0 saturated carbocycles. The summed E-state index contributed by atoms with van der Waals surface area (Å²) in [5, 5.41) is 10.8. The molecule has 0 aliphatic heterocycles. The van der Waals surface area contributed by atoms with Gasteiger partial charge in [-0.15, -0.1) is 11.8 Å². The normalized spacial score (nSPS) is 13.7. The van der Waals surface area contributed by atoms with Crippen LogP contribution in [0.4, 0.5) is 0 Å². The highest BCUT2D eigenvalue weighted by Crippen LogP contribution is 2.38. The summed E-state index contributed by atoms with van der Waals surface area (Å²) in [4.78, 5) is 13.7. The molecule has 4 nitrogen and oxygen atoms in total. The van der Waals surface area contributed by atoms with Gasteiger partial charge in [0.25, 0.3) is 0 Å². The van der Waals surface area contributed by atoms with Crippen molar-refractivity contribution < 1.29 is 19.4 Å². The van der Waals surface area contributed by atoms with Crippen LogP contribution in [0.3, 0.4) is 0 Å². The van der Waals surface area contributed by atoms with Crippen molar-refractivity contribution in [3.8, 4) is 5.75 Å². The van der Waals surface area contributed by atoms with Gasteiger partial charge in [0.05, 0.1) is 17.8 Å². The Balaban J connectivity index is 2.31. The van der Waals surface area contributed by atoms with Crippen LogP contribution in [0.1, 0.15) is 48.9 Å². The zero-order valence-corrected chi connectivity index (χ0v) is 21.5. The van der Waals surface area contributed by atoms with Crippen LogP contribution < -0.4 is 4.74 Å². The average Bonchev–Trinajstić information content (AvgIpc) is 2.69. The van der Waals surface area contributed by atoms with E-state index in [4.69, 9.17) is 9.47 Å². The van der Waals surface area contributed by atoms with Crippen LogP contribution in [-0.2, 0) is 15.3 Å². The molecule has 1 N–H and O–H groups in total. The van der Waals surface area contributed by atoms with Gasteiger partial charge in [-0.2, -0.15) is 0 Å². The van der Waals surface area contributed by atoms with Crippen LogP contribution in [0.15, 0.2) is 36.4 Å². The lowest BCUT2D eigenvalue weighted by atomic mass is 9.83. The van der Waals surface area contributed by atoms with Crippen molar-refractivity contribution in [1.29, 1.82) is 0 Å². The molecule has 0 aromatic heterocycles. The fraction of sp³-hybridized carbons (Fsp3) is 0.458. The van der Waals surface area contributed by atoms with Crippen molar-refractivity contribution in [3.05, 3.63) is 62.2 Å². The summed E-state index contributed by atoms with van der Waals surface area (Å²) in [6, 6.07) is 11.9. The fourth-order valence-corrected chi connectivity index (χ4v) is 5.44. The van der Waals surface area contributed by atoms with Gasteiger partial charge in [-0.25, -0.2) is 0 Å². The highest BCUT2D eigenvalue weighted by atomic mass is 127. The SMILES string of the molecule is CCOC(O)C(C(=O)C(C)(C)SCc1ccc(OC)cc1)c1c(C)cc(I)cc1C. The summed E-state index contributed by atoms with van der Waals surface area (Å²) in [5.41, 5.74) is 3.96. The predicted molar refractivity (Wildman–Crippen MR) is 132 cm³/mol. The maximum Gasteiger partial charge on any atom is 0.168 e. The number of aryl methyl sites for hydroxylation is 2. The Morgan fingerprint density at radius 1 is 1.17 bits per heavy atom. The number of carbonyl (C=O) groups excluding carboxylic acids is 1. The Labute approximate surface area is 197 Å². The van der Waals surface area contributed by atoms with E-state index < -0.39 is 17.0 Å². The second-order valence-electron chi connectivity index (χ2n) is 7.79. The molecule has 2 unspecified atom stereocenters. The minimum absolute atomic E-state index is 0.0330. The average molecular weight is 542 g/mol. The van der Waals surface area contributed by atoms with E-state index in [2.05, 4.69) is 22.6 Å². The lowest BCUT2D eigenvalue weighted by molar-refractivity contribution is -0.143. The van der Waals surface area contributed by atoms with Crippen LogP contribution in [0.25, 0.3) is 0 Å². The van der Waals surface area contributed by atoms with E-state index in [0.29, 0.717) is 12.4 Å². The number of carbonyl (C=O) groups is 1. The summed E-state index contributed by atoms with van der Waals surface area (Å²) < 4.78 is 11.1. The first-order valence-corrected chi connectivity index (χ1v) is 12.0. The van der Waals surface area contributed by atoms with Gasteiger partial charge in [-0.05, 0) is 104 Å². The van der Waals surface area contributed by atoms with E-state index >= 15 is 0 Å². The number of thioether (sulfide) groups is 1. The van der Waals surface area contributed by atoms with Crippen LogP contribution in [0, 0.1) is 17.4 Å². The maximum atomic E-state index is 13.7. The number of methoxy groups -OCH3 is 1. The smallest absolute Gasteiger partial charge is 0.168 e. The van der Waals surface area contributed by atoms with Crippen molar-refractivity contribution >= 4 is 40.1 Å². The molecule has 164 valence electrons. The van der Waals surface area contributed by atoms with Crippen molar-refractivity contribution in [2.75, 3.05) is 13.7 Å². The molecule has 0 heterocycles. The van der Waals surface area contributed by atoms with Gasteiger partial charge in [0.1, 0.15) is 5.75 Å². The summed E-state index contributed by atoms with van der Waals surface area (Å²) in [6.45, 7) is 9.98. The Morgan fingerprint density at radius 2 is 1.73 bits per heavy atom. The van der Waals surface area contributed by atoms with Crippen LogP contribution >= 0.6 is 34.4 Å². The zero-order valence-electron chi connectivity index (χ0n) is 18.5. The van der Waals surface area contributed by atoms with E-state index in [1.807, 2.05) is 71.0 Å². The number of aliphatic hydroxyl groups is 1. The largest absolute Gasteiger partial charge is 0.497 e. The quantitative estimate of drug-likeness (QED) is 0.311. The van der Waals surface area contributed by atoms with Gasteiger partial charge in [0, 0.05) is 15.9 Å². The Kier molecular flexibility index (Phi) is 9.21. The van der Waals surface area contributed by atoms with E-state index in [1.54, 1.807) is 18.9 Å². The molecule has 2 rings (SSSR count). The van der Waals surface area contributed by atoms with Crippen molar-refractivity contribution in [2.45, 2.75) is 57.3 Å². The summed E-state index contributed by atoms with van der Waals surface area (Å²) in [6.07, 6.45) is -1.18. The van der Waals surface area contributed by atoms with E-state index in [1.165, 1.54) is 0 Å². The maximum absolute atomic E-state index is 13.7. The van der Waals surface area contributed by atoms with Gasteiger partial charge in [-0.3, -0.25) is 4.79 Å². The molecule has 30 heavy (non-hydrogen) atoms. The first-order chi connectivity index (χ1) is 14.1. The number of rotatable bonds is 10. The first kappa shape index (κ1) is 25.2. The molecule has 0 fully saturated rings.